The molecule has 1 saturated heterocycles. The lowest BCUT2D eigenvalue weighted by molar-refractivity contribution is 0.197. The van der Waals surface area contributed by atoms with Crippen LogP contribution >= 0.6 is 27.5 Å². The first-order chi connectivity index (χ1) is 11.7. The molecule has 0 spiro atoms. The Morgan fingerprint density at radius 3 is 2.88 bits per heavy atom. The first-order valence-corrected chi connectivity index (χ1v) is 9.33. The fourth-order valence-corrected chi connectivity index (χ4v) is 3.97. The Hall–Kier alpha value is -1.43. The second kappa shape index (κ2) is 6.82. The summed E-state index contributed by atoms with van der Waals surface area (Å²) in [5.74, 6) is 0.475. The van der Waals surface area contributed by atoms with Gasteiger partial charge < -0.3 is 0 Å². The lowest BCUT2D eigenvalue weighted by atomic mass is 9.94. The quantitative estimate of drug-likeness (QED) is 0.642. The summed E-state index contributed by atoms with van der Waals surface area (Å²) in [6, 6.07) is 12.2. The van der Waals surface area contributed by atoms with E-state index >= 15 is 0 Å². The highest BCUT2D eigenvalue weighted by atomic mass is 79.9. The second-order valence-electron chi connectivity index (χ2n) is 6.31. The van der Waals surface area contributed by atoms with Crippen LogP contribution < -0.4 is 0 Å². The van der Waals surface area contributed by atoms with Gasteiger partial charge in [0.05, 0.1) is 5.69 Å². The number of nitrogens with zero attached hydrogens (tertiary/aromatic N) is 4. The number of hydrogen-bond acceptors (Lipinski definition) is 3. The van der Waals surface area contributed by atoms with Gasteiger partial charge in [-0.3, -0.25) is 4.90 Å². The molecule has 1 atom stereocenters. The van der Waals surface area contributed by atoms with Crippen molar-refractivity contribution in [2.45, 2.75) is 25.3 Å². The first kappa shape index (κ1) is 16.1. The van der Waals surface area contributed by atoms with Gasteiger partial charge in [0.2, 0.25) is 0 Å². The van der Waals surface area contributed by atoms with Crippen LogP contribution in [0.4, 0.5) is 0 Å². The van der Waals surface area contributed by atoms with Gasteiger partial charge in [0.15, 0.2) is 5.65 Å². The number of likely N-dealkylation sites (tertiary alicyclic amines) is 1. The Balaban J connectivity index is 1.54. The topological polar surface area (TPSA) is 33.4 Å². The van der Waals surface area contributed by atoms with Crippen LogP contribution in [0.3, 0.4) is 0 Å². The molecule has 1 unspecified atom stereocenters. The Bertz CT molecular complexity index is 846. The maximum absolute atomic E-state index is 5.98. The van der Waals surface area contributed by atoms with Gasteiger partial charge in [-0.15, -0.1) is 0 Å². The van der Waals surface area contributed by atoms with Gasteiger partial charge in [-0.1, -0.05) is 23.7 Å². The van der Waals surface area contributed by atoms with Crippen LogP contribution in [0.15, 0.2) is 47.2 Å². The SMILES string of the molecule is Clc1ccc(CN2CCCC(c3ccnc4cc(Br)nn34)C2)cc1. The maximum Gasteiger partial charge on any atom is 0.156 e. The molecule has 4 nitrogen and oxygen atoms in total. The molecule has 0 radical (unpaired) electrons. The van der Waals surface area contributed by atoms with Crippen molar-refractivity contribution in [2.24, 2.45) is 0 Å². The molecule has 0 amide bonds. The minimum atomic E-state index is 0.475. The maximum atomic E-state index is 5.98. The lowest BCUT2D eigenvalue weighted by Crippen LogP contribution is -2.34. The van der Waals surface area contributed by atoms with Crippen LogP contribution in [0.5, 0.6) is 0 Å². The highest BCUT2D eigenvalue weighted by molar-refractivity contribution is 9.10. The largest absolute Gasteiger partial charge is 0.298 e. The number of aromatic nitrogens is 3. The molecule has 0 N–H and O–H groups in total. The van der Waals surface area contributed by atoms with Gasteiger partial charge in [-0.2, -0.15) is 5.10 Å². The van der Waals surface area contributed by atoms with E-state index in [1.165, 1.54) is 24.1 Å². The van der Waals surface area contributed by atoms with E-state index in [0.717, 1.165) is 34.9 Å². The van der Waals surface area contributed by atoms with Crippen molar-refractivity contribution < 1.29 is 0 Å². The molecule has 3 heterocycles. The van der Waals surface area contributed by atoms with Gasteiger partial charge in [0, 0.05) is 36.3 Å². The third-order valence-corrected chi connectivity index (χ3v) is 5.24. The third-order valence-electron chi connectivity index (χ3n) is 4.60. The highest BCUT2D eigenvalue weighted by Crippen LogP contribution is 2.28. The zero-order valence-corrected chi connectivity index (χ0v) is 15.5. The zero-order chi connectivity index (χ0) is 16.5. The lowest BCUT2D eigenvalue weighted by Gasteiger charge is -2.33. The van der Waals surface area contributed by atoms with Crippen LogP contribution in [0, 0.1) is 0 Å². The molecular formula is C18H18BrClN4. The van der Waals surface area contributed by atoms with E-state index in [1.807, 2.05) is 28.9 Å². The summed E-state index contributed by atoms with van der Waals surface area (Å²) < 4.78 is 2.80. The van der Waals surface area contributed by atoms with E-state index in [9.17, 15) is 0 Å². The second-order valence-corrected chi connectivity index (χ2v) is 7.56. The van der Waals surface area contributed by atoms with Crippen molar-refractivity contribution >= 4 is 33.2 Å². The summed E-state index contributed by atoms with van der Waals surface area (Å²) >= 11 is 9.43. The molecular weight excluding hydrogens is 388 g/mol. The number of rotatable bonds is 3. The number of hydrogen-bond donors (Lipinski definition) is 0. The van der Waals surface area contributed by atoms with Crippen LogP contribution in [-0.4, -0.2) is 32.6 Å². The zero-order valence-electron chi connectivity index (χ0n) is 13.2. The average Bonchev–Trinajstić information content (AvgIpc) is 2.97. The van der Waals surface area contributed by atoms with E-state index in [0.29, 0.717) is 5.92 Å². The molecule has 4 rings (SSSR count). The van der Waals surface area contributed by atoms with Crippen LogP contribution in [-0.2, 0) is 6.54 Å². The van der Waals surface area contributed by atoms with Crippen molar-refractivity contribution in [2.75, 3.05) is 13.1 Å². The van der Waals surface area contributed by atoms with Gasteiger partial charge in [0.25, 0.3) is 0 Å². The van der Waals surface area contributed by atoms with E-state index in [2.05, 4.69) is 49.1 Å². The molecule has 0 saturated carbocycles. The standard InChI is InChI=1S/C18H18BrClN4/c19-17-10-18-21-8-7-16(24(18)22-17)14-2-1-9-23(12-14)11-13-3-5-15(20)6-4-13/h3-8,10,14H,1-2,9,11-12H2. The number of benzene rings is 1. The number of halogens is 2. The Morgan fingerprint density at radius 2 is 2.04 bits per heavy atom. The van der Waals surface area contributed by atoms with Crippen LogP contribution in [0.2, 0.25) is 5.02 Å². The molecule has 1 aliphatic rings. The summed E-state index contributed by atoms with van der Waals surface area (Å²) in [4.78, 5) is 6.91. The molecule has 1 fully saturated rings. The van der Waals surface area contributed by atoms with Crippen molar-refractivity contribution in [3.05, 3.63) is 63.5 Å². The molecule has 0 aliphatic carbocycles. The fraction of sp³-hybridized carbons (Fsp3) is 0.333. The molecule has 1 aromatic carbocycles. The molecule has 2 aromatic heterocycles. The van der Waals surface area contributed by atoms with Gasteiger partial charge >= 0.3 is 0 Å². The summed E-state index contributed by atoms with van der Waals surface area (Å²) in [6.07, 6.45) is 4.27. The van der Waals surface area contributed by atoms with Gasteiger partial charge in [0.1, 0.15) is 4.60 Å². The third kappa shape index (κ3) is 3.34. The van der Waals surface area contributed by atoms with Gasteiger partial charge in [-0.05, 0) is 59.1 Å². The molecule has 124 valence electrons. The molecule has 3 aromatic rings. The van der Waals surface area contributed by atoms with E-state index in [-0.39, 0.29) is 0 Å². The van der Waals surface area contributed by atoms with E-state index in [4.69, 9.17) is 11.6 Å². The first-order valence-electron chi connectivity index (χ1n) is 8.16. The van der Waals surface area contributed by atoms with Crippen molar-refractivity contribution in [3.63, 3.8) is 0 Å². The molecule has 1 aliphatic heterocycles. The highest BCUT2D eigenvalue weighted by Gasteiger charge is 2.24. The predicted octanol–water partition coefficient (Wildman–Crippen LogP) is 4.52. The Kier molecular flexibility index (Phi) is 4.57. The predicted molar refractivity (Wildman–Crippen MR) is 99.4 cm³/mol. The van der Waals surface area contributed by atoms with E-state index in [1.54, 1.807) is 0 Å². The molecule has 0 bridgehead atoms. The fourth-order valence-electron chi connectivity index (χ4n) is 3.48. The van der Waals surface area contributed by atoms with Crippen molar-refractivity contribution in [1.29, 1.82) is 0 Å². The number of fused-ring (bicyclic) bond motifs is 1. The monoisotopic (exact) mass is 404 g/mol. The minimum Gasteiger partial charge on any atom is -0.298 e. The van der Waals surface area contributed by atoms with Crippen LogP contribution in [0.1, 0.15) is 30.0 Å². The summed E-state index contributed by atoms with van der Waals surface area (Å²) in [6.45, 7) is 3.14. The Labute approximate surface area is 154 Å². The van der Waals surface area contributed by atoms with E-state index < -0.39 is 0 Å². The minimum absolute atomic E-state index is 0.475. The summed E-state index contributed by atoms with van der Waals surface area (Å²) in [5, 5.41) is 5.34. The number of piperidine rings is 1. The van der Waals surface area contributed by atoms with Crippen molar-refractivity contribution in [1.82, 2.24) is 19.5 Å². The average molecular weight is 406 g/mol. The molecule has 24 heavy (non-hydrogen) atoms. The summed E-state index contributed by atoms with van der Waals surface area (Å²) in [5.41, 5.74) is 3.45. The van der Waals surface area contributed by atoms with Gasteiger partial charge in [-0.25, -0.2) is 9.50 Å². The Morgan fingerprint density at radius 1 is 1.21 bits per heavy atom. The van der Waals surface area contributed by atoms with Crippen LogP contribution in [0.25, 0.3) is 5.65 Å². The normalized spacial score (nSPS) is 19.0. The molecule has 6 heteroatoms. The summed E-state index contributed by atoms with van der Waals surface area (Å²) in [7, 11) is 0. The van der Waals surface area contributed by atoms with Crippen molar-refractivity contribution in [3.8, 4) is 0 Å². The smallest absolute Gasteiger partial charge is 0.156 e.